The number of carboxylic acids is 1. The molecule has 0 spiro atoms. The van der Waals surface area contributed by atoms with E-state index in [1.54, 1.807) is 0 Å². The van der Waals surface area contributed by atoms with E-state index in [-0.39, 0.29) is 23.3 Å². The minimum atomic E-state index is -1.14. The van der Waals surface area contributed by atoms with Crippen LogP contribution in [0.5, 0.6) is 0 Å². The third-order valence-corrected chi connectivity index (χ3v) is 4.26. The molecular formula is C18H18N2O3. The first-order valence-electron chi connectivity index (χ1n) is 7.71. The number of carbonyl (C=O) groups is 2. The van der Waals surface area contributed by atoms with Crippen molar-refractivity contribution in [3.63, 3.8) is 0 Å². The van der Waals surface area contributed by atoms with E-state index >= 15 is 0 Å². The molecule has 0 radical (unpaired) electrons. The van der Waals surface area contributed by atoms with E-state index in [1.807, 2.05) is 18.2 Å². The summed E-state index contributed by atoms with van der Waals surface area (Å²) in [5.41, 5.74) is 1.25. The number of benzene rings is 1. The van der Waals surface area contributed by atoms with Crippen LogP contribution in [0, 0.1) is 0 Å². The molecule has 1 saturated carbocycles. The van der Waals surface area contributed by atoms with Crippen LogP contribution in [0.4, 0.5) is 0 Å². The molecule has 0 bridgehead atoms. The van der Waals surface area contributed by atoms with Crippen LogP contribution in [-0.2, 0) is 0 Å². The Hall–Kier alpha value is -2.69. The lowest BCUT2D eigenvalue weighted by molar-refractivity contribution is 0.0690. The van der Waals surface area contributed by atoms with Crippen LogP contribution >= 0.6 is 0 Å². The average Bonchev–Trinajstić information content (AvgIpc) is 3.04. The molecule has 2 atom stereocenters. The molecule has 1 fully saturated rings. The van der Waals surface area contributed by atoms with Crippen molar-refractivity contribution in [3.8, 4) is 0 Å². The molecule has 1 aromatic heterocycles. The molecule has 2 aromatic rings. The minimum Gasteiger partial charge on any atom is -0.477 e. The Kier molecular flexibility index (Phi) is 4.37. The number of rotatable bonds is 4. The number of hydrogen-bond acceptors (Lipinski definition) is 3. The minimum absolute atomic E-state index is 0.0557. The molecule has 1 heterocycles. The smallest absolute Gasteiger partial charge is 0.354 e. The monoisotopic (exact) mass is 310 g/mol. The fourth-order valence-corrected chi connectivity index (χ4v) is 3.15. The van der Waals surface area contributed by atoms with E-state index < -0.39 is 5.97 Å². The number of aromatic carboxylic acids is 1. The molecule has 1 aliphatic rings. The molecule has 2 N–H and O–H groups in total. The quantitative estimate of drug-likeness (QED) is 0.910. The van der Waals surface area contributed by atoms with Crippen LogP contribution in [0.2, 0.25) is 0 Å². The van der Waals surface area contributed by atoms with E-state index in [0.29, 0.717) is 5.92 Å². The first-order valence-corrected chi connectivity index (χ1v) is 7.71. The summed E-state index contributed by atoms with van der Waals surface area (Å²) >= 11 is 0. The van der Waals surface area contributed by atoms with Gasteiger partial charge in [0.1, 0.15) is 11.4 Å². The highest BCUT2D eigenvalue weighted by molar-refractivity contribution is 5.94. The summed E-state index contributed by atoms with van der Waals surface area (Å²) in [6.45, 7) is 0. The zero-order valence-electron chi connectivity index (χ0n) is 12.6. The number of amides is 1. The van der Waals surface area contributed by atoms with E-state index in [0.717, 1.165) is 19.3 Å². The Labute approximate surface area is 134 Å². The molecule has 1 aromatic carbocycles. The third-order valence-electron chi connectivity index (χ3n) is 4.26. The summed E-state index contributed by atoms with van der Waals surface area (Å²) in [4.78, 5) is 27.2. The van der Waals surface area contributed by atoms with Crippen molar-refractivity contribution in [3.05, 3.63) is 65.5 Å². The van der Waals surface area contributed by atoms with E-state index in [4.69, 9.17) is 5.11 Å². The van der Waals surface area contributed by atoms with Gasteiger partial charge >= 0.3 is 5.97 Å². The molecule has 3 rings (SSSR count). The molecule has 1 aliphatic carbocycles. The SMILES string of the molecule is O=C(O)c1cccc(C(=O)N[C@@H]2CCC[C@H]2c2ccccc2)n1. The Morgan fingerprint density at radius 3 is 2.48 bits per heavy atom. The fourth-order valence-electron chi connectivity index (χ4n) is 3.15. The molecular weight excluding hydrogens is 292 g/mol. The van der Waals surface area contributed by atoms with Crippen molar-refractivity contribution in [1.29, 1.82) is 0 Å². The van der Waals surface area contributed by atoms with Crippen molar-refractivity contribution < 1.29 is 14.7 Å². The van der Waals surface area contributed by atoms with Crippen LogP contribution in [0.15, 0.2) is 48.5 Å². The number of aromatic nitrogens is 1. The van der Waals surface area contributed by atoms with Gasteiger partial charge in [0, 0.05) is 12.0 Å². The summed E-state index contributed by atoms with van der Waals surface area (Å²) in [5.74, 6) is -1.16. The molecule has 23 heavy (non-hydrogen) atoms. The topological polar surface area (TPSA) is 79.3 Å². The van der Waals surface area contributed by atoms with Gasteiger partial charge in [-0.1, -0.05) is 42.8 Å². The molecule has 0 saturated heterocycles. The van der Waals surface area contributed by atoms with Gasteiger partial charge in [-0.15, -0.1) is 0 Å². The summed E-state index contributed by atoms with van der Waals surface area (Å²) in [6.07, 6.45) is 3.02. The Morgan fingerprint density at radius 2 is 1.74 bits per heavy atom. The highest BCUT2D eigenvalue weighted by Gasteiger charge is 2.30. The fraction of sp³-hybridized carbons (Fsp3) is 0.278. The van der Waals surface area contributed by atoms with Gasteiger partial charge in [-0.3, -0.25) is 4.79 Å². The molecule has 1 amide bonds. The van der Waals surface area contributed by atoms with E-state index in [9.17, 15) is 9.59 Å². The maximum Gasteiger partial charge on any atom is 0.354 e. The Balaban J connectivity index is 1.74. The Bertz CT molecular complexity index is 715. The maximum atomic E-state index is 12.4. The van der Waals surface area contributed by atoms with Crippen LogP contribution in [0.3, 0.4) is 0 Å². The van der Waals surface area contributed by atoms with Crippen molar-refractivity contribution in [2.24, 2.45) is 0 Å². The van der Waals surface area contributed by atoms with Gasteiger partial charge in [-0.25, -0.2) is 9.78 Å². The van der Waals surface area contributed by atoms with E-state index in [2.05, 4.69) is 22.4 Å². The first-order chi connectivity index (χ1) is 11.1. The van der Waals surface area contributed by atoms with Crippen molar-refractivity contribution in [1.82, 2.24) is 10.3 Å². The number of hydrogen-bond donors (Lipinski definition) is 2. The zero-order valence-corrected chi connectivity index (χ0v) is 12.6. The van der Waals surface area contributed by atoms with Gasteiger partial charge in [-0.05, 0) is 30.5 Å². The van der Waals surface area contributed by atoms with Crippen LogP contribution in [-0.4, -0.2) is 28.0 Å². The van der Waals surface area contributed by atoms with Crippen LogP contribution in [0.1, 0.15) is 51.7 Å². The van der Waals surface area contributed by atoms with Crippen LogP contribution < -0.4 is 5.32 Å². The number of nitrogens with zero attached hydrogens (tertiary/aromatic N) is 1. The molecule has 5 heteroatoms. The Morgan fingerprint density at radius 1 is 1.00 bits per heavy atom. The second-order valence-electron chi connectivity index (χ2n) is 5.74. The molecule has 0 unspecified atom stereocenters. The van der Waals surface area contributed by atoms with Crippen molar-refractivity contribution in [2.75, 3.05) is 0 Å². The van der Waals surface area contributed by atoms with Gasteiger partial charge < -0.3 is 10.4 Å². The first kappa shape index (κ1) is 15.2. The summed E-state index contributed by atoms with van der Waals surface area (Å²) in [5, 5.41) is 12.0. The lowest BCUT2D eigenvalue weighted by atomic mass is 9.94. The van der Waals surface area contributed by atoms with Gasteiger partial charge in [0.05, 0.1) is 0 Å². The lowest BCUT2D eigenvalue weighted by Crippen LogP contribution is -2.37. The maximum absolute atomic E-state index is 12.4. The second kappa shape index (κ2) is 6.60. The normalized spacial score (nSPS) is 20.2. The number of carboxylic acid groups (broad SMARTS) is 1. The van der Waals surface area contributed by atoms with Gasteiger partial charge in [-0.2, -0.15) is 0 Å². The number of pyridine rings is 1. The van der Waals surface area contributed by atoms with Crippen molar-refractivity contribution in [2.45, 2.75) is 31.2 Å². The summed E-state index contributed by atoms with van der Waals surface area (Å²) in [6, 6.07) is 14.7. The summed E-state index contributed by atoms with van der Waals surface area (Å²) in [7, 11) is 0. The average molecular weight is 310 g/mol. The van der Waals surface area contributed by atoms with Gasteiger partial charge in [0.15, 0.2) is 0 Å². The lowest BCUT2D eigenvalue weighted by Gasteiger charge is -2.21. The predicted octanol–water partition coefficient (Wildman–Crippen LogP) is 2.85. The van der Waals surface area contributed by atoms with Crippen molar-refractivity contribution >= 4 is 11.9 Å². The standard InChI is InChI=1S/C18H18N2O3/c21-17(15-10-5-11-16(19-15)18(22)23)20-14-9-4-8-13(14)12-6-2-1-3-7-12/h1-3,5-7,10-11,13-14H,4,8-9H2,(H,20,21)(H,22,23)/t13-,14+/m0/s1. The summed E-state index contributed by atoms with van der Waals surface area (Å²) < 4.78 is 0. The van der Waals surface area contributed by atoms with Gasteiger partial charge in [0.25, 0.3) is 5.91 Å². The molecule has 0 aliphatic heterocycles. The molecule has 5 nitrogen and oxygen atoms in total. The second-order valence-corrected chi connectivity index (χ2v) is 5.74. The highest BCUT2D eigenvalue weighted by atomic mass is 16.4. The van der Waals surface area contributed by atoms with Crippen LogP contribution in [0.25, 0.3) is 0 Å². The van der Waals surface area contributed by atoms with E-state index in [1.165, 1.54) is 23.8 Å². The number of carbonyl (C=O) groups excluding carboxylic acids is 1. The number of nitrogens with one attached hydrogen (secondary N) is 1. The predicted molar refractivity (Wildman–Crippen MR) is 85.5 cm³/mol. The molecule has 118 valence electrons. The largest absolute Gasteiger partial charge is 0.477 e. The zero-order chi connectivity index (χ0) is 16.2. The third kappa shape index (κ3) is 3.39. The highest BCUT2D eigenvalue weighted by Crippen LogP contribution is 2.34. The van der Waals surface area contributed by atoms with Gasteiger partial charge in [0.2, 0.25) is 0 Å².